The van der Waals surface area contributed by atoms with Crippen LogP contribution in [0.3, 0.4) is 0 Å². The molecule has 0 saturated heterocycles. The molecule has 1 heterocycles. The molecule has 17 heavy (non-hydrogen) atoms. The summed E-state index contributed by atoms with van der Waals surface area (Å²) >= 11 is 0. The van der Waals surface area contributed by atoms with Gasteiger partial charge in [0.15, 0.2) is 0 Å². The molecule has 1 aliphatic rings. The molecule has 1 aromatic rings. The summed E-state index contributed by atoms with van der Waals surface area (Å²) in [6.07, 6.45) is 0. The lowest BCUT2D eigenvalue weighted by atomic mass is 10.3. The van der Waals surface area contributed by atoms with Crippen LogP contribution in [0.25, 0.3) is 0 Å². The first-order valence-electron chi connectivity index (χ1n) is 4.15. The fraction of sp³-hybridized carbons (Fsp3) is 0. The van der Waals surface area contributed by atoms with Crippen molar-refractivity contribution >= 4 is 27.5 Å². The molecule has 9 heteroatoms. The Morgan fingerprint density at radius 3 is 2.59 bits per heavy atom. The zero-order chi connectivity index (χ0) is 12.8. The predicted molar refractivity (Wildman–Crippen MR) is 52.2 cm³/mol. The van der Waals surface area contributed by atoms with E-state index in [4.69, 9.17) is 5.11 Å². The lowest BCUT2D eigenvalue weighted by Gasteiger charge is -2.16. The monoisotopic (exact) mass is 262 g/mol. The number of carboxylic acids is 1. The highest BCUT2D eigenvalue weighted by molar-refractivity contribution is 7.90. The highest BCUT2D eigenvalue weighted by atomic mass is 32.2. The Kier molecular flexibility index (Phi) is 2.35. The van der Waals surface area contributed by atoms with Gasteiger partial charge in [0.05, 0.1) is 5.69 Å². The molecule has 2 N–H and O–H groups in total. The predicted octanol–water partition coefficient (Wildman–Crippen LogP) is 0.562. The molecule has 0 saturated carbocycles. The Balaban J connectivity index is 2.74. The second-order valence-corrected chi connectivity index (χ2v) is 4.65. The standard InChI is InChI=1S/C8H4F2N2O4S/c9-3-1-4(10)6-5(2-3)11-7(8(13)14)12-17(6,15)16/h1-2H,(H,11,12)(H,13,14). The van der Waals surface area contributed by atoms with Crippen LogP contribution in [-0.2, 0) is 14.8 Å². The van der Waals surface area contributed by atoms with Gasteiger partial charge in [-0.3, -0.25) is 0 Å². The van der Waals surface area contributed by atoms with E-state index in [0.717, 1.165) is 0 Å². The van der Waals surface area contributed by atoms with E-state index in [-0.39, 0.29) is 0 Å². The number of carbonyl (C=O) groups is 1. The maximum absolute atomic E-state index is 13.3. The van der Waals surface area contributed by atoms with Crippen molar-refractivity contribution in [2.75, 3.05) is 5.32 Å². The van der Waals surface area contributed by atoms with Crippen LogP contribution >= 0.6 is 0 Å². The topological polar surface area (TPSA) is 95.8 Å². The minimum absolute atomic E-state index is 0.374. The van der Waals surface area contributed by atoms with Gasteiger partial charge in [0.25, 0.3) is 10.0 Å². The van der Waals surface area contributed by atoms with E-state index in [1.807, 2.05) is 5.32 Å². The van der Waals surface area contributed by atoms with Gasteiger partial charge >= 0.3 is 5.97 Å². The summed E-state index contributed by atoms with van der Waals surface area (Å²) in [4.78, 5) is 9.71. The van der Waals surface area contributed by atoms with Crippen molar-refractivity contribution in [3.05, 3.63) is 23.8 Å². The van der Waals surface area contributed by atoms with E-state index in [0.29, 0.717) is 12.1 Å². The van der Waals surface area contributed by atoms with E-state index in [1.54, 1.807) is 0 Å². The smallest absolute Gasteiger partial charge is 0.372 e. The molecule has 1 aliphatic heterocycles. The fourth-order valence-corrected chi connectivity index (χ4v) is 2.47. The summed E-state index contributed by atoms with van der Waals surface area (Å²) in [5, 5.41) is 10.6. The first-order valence-corrected chi connectivity index (χ1v) is 5.59. The lowest BCUT2D eigenvalue weighted by Crippen LogP contribution is -2.29. The normalized spacial score (nSPS) is 16.7. The van der Waals surface area contributed by atoms with Gasteiger partial charge < -0.3 is 10.4 Å². The van der Waals surface area contributed by atoms with Crippen LogP contribution in [0, 0.1) is 11.6 Å². The Hall–Kier alpha value is -2.03. The molecule has 0 atom stereocenters. The Morgan fingerprint density at radius 1 is 1.35 bits per heavy atom. The molecule has 0 bridgehead atoms. The first-order chi connectivity index (χ1) is 7.81. The summed E-state index contributed by atoms with van der Waals surface area (Å²) in [6, 6.07) is 1.05. The number of carboxylic acid groups (broad SMARTS) is 1. The molecule has 0 amide bonds. The minimum atomic E-state index is -4.48. The van der Waals surface area contributed by atoms with E-state index >= 15 is 0 Å². The average molecular weight is 262 g/mol. The number of hydrogen-bond donors (Lipinski definition) is 2. The van der Waals surface area contributed by atoms with Gasteiger partial charge in [0.1, 0.15) is 16.5 Å². The summed E-state index contributed by atoms with van der Waals surface area (Å²) in [6.45, 7) is 0. The maximum Gasteiger partial charge on any atom is 0.372 e. The lowest BCUT2D eigenvalue weighted by molar-refractivity contribution is -0.129. The third-order valence-electron chi connectivity index (χ3n) is 1.93. The summed E-state index contributed by atoms with van der Waals surface area (Å²) in [7, 11) is -4.48. The number of anilines is 1. The summed E-state index contributed by atoms with van der Waals surface area (Å²) in [5.41, 5.74) is -0.491. The van der Waals surface area contributed by atoms with Crippen molar-refractivity contribution < 1.29 is 27.1 Å². The van der Waals surface area contributed by atoms with E-state index in [9.17, 15) is 22.0 Å². The van der Waals surface area contributed by atoms with Crippen molar-refractivity contribution in [1.29, 1.82) is 0 Å². The Labute approximate surface area is 93.6 Å². The molecule has 0 fully saturated rings. The number of nitrogens with zero attached hydrogens (tertiary/aromatic N) is 1. The van der Waals surface area contributed by atoms with Crippen LogP contribution in [0.1, 0.15) is 0 Å². The molecule has 0 aromatic heterocycles. The second kappa shape index (κ2) is 3.48. The third kappa shape index (κ3) is 1.84. The number of halogens is 2. The molecular weight excluding hydrogens is 258 g/mol. The van der Waals surface area contributed by atoms with E-state index in [2.05, 4.69) is 4.40 Å². The van der Waals surface area contributed by atoms with E-state index in [1.165, 1.54) is 0 Å². The fourth-order valence-electron chi connectivity index (χ4n) is 1.32. The second-order valence-electron chi connectivity index (χ2n) is 3.11. The molecular formula is C8H4F2N2O4S. The van der Waals surface area contributed by atoms with Crippen molar-refractivity contribution in [1.82, 2.24) is 0 Å². The molecule has 0 unspecified atom stereocenters. The Morgan fingerprint density at radius 2 is 2.00 bits per heavy atom. The molecule has 0 aliphatic carbocycles. The van der Waals surface area contributed by atoms with Crippen LogP contribution in [0.4, 0.5) is 14.5 Å². The zero-order valence-electron chi connectivity index (χ0n) is 7.94. The van der Waals surface area contributed by atoms with Crippen molar-refractivity contribution in [2.45, 2.75) is 4.90 Å². The largest absolute Gasteiger partial charge is 0.475 e. The van der Waals surface area contributed by atoms with Crippen LogP contribution in [0.15, 0.2) is 21.4 Å². The SMILES string of the molecule is O=C(O)C1=NS(=O)(=O)c2c(F)cc(F)cc2N1. The number of benzene rings is 1. The van der Waals surface area contributed by atoms with Gasteiger partial charge in [0.2, 0.25) is 5.84 Å². The molecule has 0 radical (unpaired) electrons. The molecule has 90 valence electrons. The summed E-state index contributed by atoms with van der Waals surface area (Å²) in [5.74, 6) is -4.93. The van der Waals surface area contributed by atoms with Gasteiger partial charge in [-0.25, -0.2) is 13.6 Å². The van der Waals surface area contributed by atoms with Crippen molar-refractivity contribution in [3.8, 4) is 0 Å². The van der Waals surface area contributed by atoms with Gasteiger partial charge in [0, 0.05) is 6.07 Å². The molecule has 6 nitrogen and oxygen atoms in total. The number of amidine groups is 1. The number of nitrogens with one attached hydrogen (secondary N) is 1. The number of sulfonamides is 1. The maximum atomic E-state index is 13.3. The van der Waals surface area contributed by atoms with Gasteiger partial charge in [-0.2, -0.15) is 8.42 Å². The Bertz CT molecular complexity index is 654. The highest BCUT2D eigenvalue weighted by Gasteiger charge is 2.31. The highest BCUT2D eigenvalue weighted by Crippen LogP contribution is 2.30. The minimum Gasteiger partial charge on any atom is -0.475 e. The van der Waals surface area contributed by atoms with Crippen molar-refractivity contribution in [3.63, 3.8) is 0 Å². The van der Waals surface area contributed by atoms with Crippen LogP contribution in [-0.4, -0.2) is 25.3 Å². The van der Waals surface area contributed by atoms with E-state index < -0.39 is 44.0 Å². The first kappa shape index (κ1) is 11.5. The third-order valence-corrected chi connectivity index (χ3v) is 3.29. The van der Waals surface area contributed by atoms with Crippen LogP contribution < -0.4 is 5.32 Å². The number of fused-ring (bicyclic) bond motifs is 1. The molecule has 0 spiro atoms. The van der Waals surface area contributed by atoms with Gasteiger partial charge in [-0.05, 0) is 6.07 Å². The number of aliphatic carboxylic acids is 1. The van der Waals surface area contributed by atoms with Crippen molar-refractivity contribution in [2.24, 2.45) is 4.40 Å². The van der Waals surface area contributed by atoms with Gasteiger partial charge in [-0.1, -0.05) is 0 Å². The van der Waals surface area contributed by atoms with Gasteiger partial charge in [-0.15, -0.1) is 4.40 Å². The van der Waals surface area contributed by atoms with Crippen LogP contribution in [0.2, 0.25) is 0 Å². The average Bonchev–Trinajstić information content (AvgIpc) is 2.13. The zero-order valence-corrected chi connectivity index (χ0v) is 8.75. The molecule has 1 aromatic carbocycles. The number of hydrogen-bond acceptors (Lipinski definition) is 4. The summed E-state index contributed by atoms with van der Waals surface area (Å²) < 4.78 is 51.9. The number of rotatable bonds is 1. The molecule has 2 rings (SSSR count). The quantitative estimate of drug-likeness (QED) is 0.771. The van der Waals surface area contributed by atoms with Crippen LogP contribution in [0.5, 0.6) is 0 Å².